The van der Waals surface area contributed by atoms with Gasteiger partial charge in [-0.15, -0.1) is 0 Å². The summed E-state index contributed by atoms with van der Waals surface area (Å²) in [6, 6.07) is 9.00. The van der Waals surface area contributed by atoms with Gasteiger partial charge in [0.2, 0.25) is 0 Å². The van der Waals surface area contributed by atoms with Gasteiger partial charge in [-0.05, 0) is 26.0 Å². The first kappa shape index (κ1) is 14.0. The van der Waals surface area contributed by atoms with E-state index in [0.717, 1.165) is 11.2 Å². The van der Waals surface area contributed by atoms with Gasteiger partial charge in [-0.25, -0.2) is 4.79 Å². The number of rotatable bonds is 3. The zero-order valence-electron chi connectivity index (χ0n) is 11.6. The second-order valence-corrected chi connectivity index (χ2v) is 4.49. The average Bonchev–Trinajstić information content (AvgIpc) is 2.45. The molecule has 0 spiro atoms. The van der Waals surface area contributed by atoms with Crippen molar-refractivity contribution in [3.63, 3.8) is 0 Å². The molecule has 1 N–H and O–H groups in total. The molecular weight excluding hydrogens is 256 g/mol. The number of nitrogens with one attached hydrogen (secondary N) is 1. The molecule has 104 valence electrons. The molecule has 1 atom stereocenters. The van der Waals surface area contributed by atoms with Gasteiger partial charge in [-0.3, -0.25) is 9.78 Å². The third-order valence-electron chi connectivity index (χ3n) is 2.96. The fourth-order valence-corrected chi connectivity index (χ4v) is 1.96. The molecule has 0 radical (unpaired) electrons. The molecule has 0 fully saturated rings. The highest BCUT2D eigenvalue weighted by Gasteiger charge is 2.19. The van der Waals surface area contributed by atoms with E-state index in [1.54, 1.807) is 6.07 Å². The van der Waals surface area contributed by atoms with Crippen LogP contribution in [0.15, 0.2) is 30.3 Å². The van der Waals surface area contributed by atoms with Crippen LogP contribution in [0.2, 0.25) is 0 Å². The molecule has 1 amide bonds. The van der Waals surface area contributed by atoms with E-state index in [-0.39, 0.29) is 5.91 Å². The summed E-state index contributed by atoms with van der Waals surface area (Å²) in [4.78, 5) is 28.0. The summed E-state index contributed by atoms with van der Waals surface area (Å²) in [6.07, 6.45) is -0.834. The van der Waals surface area contributed by atoms with E-state index < -0.39 is 12.1 Å². The molecule has 0 aliphatic carbocycles. The molecule has 2 rings (SSSR count). The fourth-order valence-electron chi connectivity index (χ4n) is 1.96. The molecule has 0 aliphatic heterocycles. The van der Waals surface area contributed by atoms with Crippen LogP contribution in [0.1, 0.15) is 23.0 Å². The number of carbonyl (C=O) groups excluding carboxylic acids is 2. The van der Waals surface area contributed by atoms with E-state index in [4.69, 9.17) is 4.74 Å². The number of aromatic nitrogens is 1. The number of ether oxygens (including phenoxy) is 1. The van der Waals surface area contributed by atoms with Crippen LogP contribution in [0.5, 0.6) is 0 Å². The molecule has 2 aromatic rings. The Morgan fingerprint density at radius 1 is 1.30 bits per heavy atom. The zero-order valence-corrected chi connectivity index (χ0v) is 11.6. The lowest BCUT2D eigenvalue weighted by atomic mass is 10.1. The van der Waals surface area contributed by atoms with E-state index in [2.05, 4.69) is 10.3 Å². The van der Waals surface area contributed by atoms with Crippen LogP contribution in [0.25, 0.3) is 10.9 Å². The molecule has 0 saturated heterocycles. The lowest BCUT2D eigenvalue weighted by Crippen LogP contribution is -2.33. The van der Waals surface area contributed by atoms with Crippen LogP contribution in [-0.2, 0) is 9.53 Å². The highest BCUT2D eigenvalue weighted by molar-refractivity contribution is 6.04. The van der Waals surface area contributed by atoms with Gasteiger partial charge in [-0.1, -0.05) is 18.2 Å². The topological polar surface area (TPSA) is 68.3 Å². The summed E-state index contributed by atoms with van der Waals surface area (Å²) in [5.74, 6) is -0.865. The monoisotopic (exact) mass is 272 g/mol. The molecule has 1 heterocycles. The van der Waals surface area contributed by atoms with Crippen molar-refractivity contribution >= 4 is 22.8 Å². The smallest absolute Gasteiger partial charge is 0.339 e. The van der Waals surface area contributed by atoms with Crippen molar-refractivity contribution in [1.82, 2.24) is 10.3 Å². The van der Waals surface area contributed by atoms with Crippen LogP contribution in [0.4, 0.5) is 0 Å². The highest BCUT2D eigenvalue weighted by atomic mass is 16.5. The molecule has 20 heavy (non-hydrogen) atoms. The predicted octanol–water partition coefficient (Wildman–Crippen LogP) is 1.83. The van der Waals surface area contributed by atoms with Gasteiger partial charge in [-0.2, -0.15) is 0 Å². The number of hydrogen-bond acceptors (Lipinski definition) is 4. The van der Waals surface area contributed by atoms with Gasteiger partial charge in [0.25, 0.3) is 5.91 Å². The van der Waals surface area contributed by atoms with E-state index in [1.807, 2.05) is 31.2 Å². The number of esters is 1. The van der Waals surface area contributed by atoms with Crippen molar-refractivity contribution in [2.24, 2.45) is 0 Å². The number of pyridine rings is 1. The Balaban J connectivity index is 2.37. The van der Waals surface area contributed by atoms with Crippen molar-refractivity contribution in [2.75, 3.05) is 7.05 Å². The van der Waals surface area contributed by atoms with E-state index >= 15 is 0 Å². The number of amides is 1. The Morgan fingerprint density at radius 3 is 2.70 bits per heavy atom. The minimum absolute atomic E-state index is 0.339. The number of fused-ring (bicyclic) bond motifs is 1. The molecular formula is C15H16N2O3. The summed E-state index contributed by atoms with van der Waals surface area (Å²) in [5.41, 5.74) is 1.87. The number of nitrogens with zero attached hydrogens (tertiary/aromatic N) is 1. The molecule has 5 heteroatoms. The van der Waals surface area contributed by atoms with Crippen LogP contribution in [0, 0.1) is 6.92 Å². The Morgan fingerprint density at radius 2 is 2.00 bits per heavy atom. The number of benzene rings is 1. The summed E-state index contributed by atoms with van der Waals surface area (Å²) < 4.78 is 5.17. The minimum atomic E-state index is -0.834. The first-order valence-electron chi connectivity index (χ1n) is 6.32. The number of aryl methyl sites for hydroxylation is 1. The number of hydrogen-bond donors (Lipinski definition) is 1. The fraction of sp³-hybridized carbons (Fsp3) is 0.267. The normalized spacial score (nSPS) is 11.9. The molecule has 1 unspecified atom stereocenters. The van der Waals surface area contributed by atoms with E-state index in [1.165, 1.54) is 14.0 Å². The predicted molar refractivity (Wildman–Crippen MR) is 75.4 cm³/mol. The second-order valence-electron chi connectivity index (χ2n) is 4.49. The van der Waals surface area contributed by atoms with Gasteiger partial charge in [0.1, 0.15) is 0 Å². The Bertz CT molecular complexity index is 667. The quantitative estimate of drug-likeness (QED) is 0.866. The Kier molecular flexibility index (Phi) is 3.98. The maximum atomic E-state index is 12.2. The van der Waals surface area contributed by atoms with Crippen LogP contribution in [-0.4, -0.2) is 30.0 Å². The Labute approximate surface area is 117 Å². The molecule has 5 nitrogen and oxygen atoms in total. The largest absolute Gasteiger partial charge is 0.449 e. The van der Waals surface area contributed by atoms with Crippen molar-refractivity contribution in [3.05, 3.63) is 41.6 Å². The molecule has 1 aromatic carbocycles. The third kappa shape index (κ3) is 2.77. The first-order valence-corrected chi connectivity index (χ1v) is 6.32. The van der Waals surface area contributed by atoms with Crippen molar-refractivity contribution < 1.29 is 14.3 Å². The maximum Gasteiger partial charge on any atom is 0.339 e. The SMILES string of the molecule is CNC(=O)C(C)OC(=O)c1cc(C)nc2ccccc12. The third-order valence-corrected chi connectivity index (χ3v) is 2.96. The van der Waals surface area contributed by atoms with Crippen LogP contribution < -0.4 is 5.32 Å². The number of carbonyl (C=O) groups is 2. The first-order chi connectivity index (χ1) is 9.52. The average molecular weight is 272 g/mol. The summed E-state index contributed by atoms with van der Waals surface area (Å²) in [7, 11) is 1.50. The molecule has 0 saturated carbocycles. The summed E-state index contributed by atoms with van der Waals surface area (Å²) >= 11 is 0. The lowest BCUT2D eigenvalue weighted by Gasteiger charge is -2.13. The van der Waals surface area contributed by atoms with Gasteiger partial charge in [0, 0.05) is 18.1 Å². The van der Waals surface area contributed by atoms with Crippen molar-refractivity contribution in [3.8, 4) is 0 Å². The van der Waals surface area contributed by atoms with Crippen LogP contribution in [0.3, 0.4) is 0 Å². The highest BCUT2D eigenvalue weighted by Crippen LogP contribution is 2.19. The van der Waals surface area contributed by atoms with E-state index in [9.17, 15) is 9.59 Å². The Hall–Kier alpha value is -2.43. The van der Waals surface area contributed by atoms with Crippen molar-refractivity contribution in [1.29, 1.82) is 0 Å². The second kappa shape index (κ2) is 5.69. The van der Waals surface area contributed by atoms with Crippen LogP contribution >= 0.6 is 0 Å². The minimum Gasteiger partial charge on any atom is -0.449 e. The standard InChI is InChI=1S/C15H16N2O3/c1-9-8-12(11-6-4-5-7-13(11)17-9)15(19)20-10(2)14(18)16-3/h4-8,10H,1-3H3,(H,16,18). The maximum absolute atomic E-state index is 12.2. The van der Waals surface area contributed by atoms with E-state index in [0.29, 0.717) is 10.9 Å². The summed E-state index contributed by atoms with van der Waals surface area (Å²) in [5, 5.41) is 3.16. The van der Waals surface area contributed by atoms with Gasteiger partial charge in [0.05, 0.1) is 11.1 Å². The van der Waals surface area contributed by atoms with Crippen molar-refractivity contribution in [2.45, 2.75) is 20.0 Å². The molecule has 1 aromatic heterocycles. The summed E-state index contributed by atoms with van der Waals surface area (Å²) in [6.45, 7) is 3.35. The number of likely N-dealkylation sites (N-methyl/N-ethyl adjacent to an activating group) is 1. The van der Waals surface area contributed by atoms with Gasteiger partial charge in [0.15, 0.2) is 6.10 Å². The zero-order chi connectivity index (χ0) is 14.7. The van der Waals surface area contributed by atoms with Gasteiger partial charge >= 0.3 is 5.97 Å². The molecule has 0 bridgehead atoms. The molecule has 0 aliphatic rings. The number of para-hydroxylation sites is 1. The lowest BCUT2D eigenvalue weighted by molar-refractivity contribution is -0.128. The van der Waals surface area contributed by atoms with Gasteiger partial charge < -0.3 is 10.1 Å².